The maximum Gasteiger partial charge on any atom is 0.258 e. The highest BCUT2D eigenvalue weighted by molar-refractivity contribution is 6.42. The number of halogens is 2. The predicted octanol–water partition coefficient (Wildman–Crippen LogP) is 2.03. The van der Waals surface area contributed by atoms with Crippen LogP contribution in [0.2, 0.25) is 10.0 Å². The van der Waals surface area contributed by atoms with Crippen molar-refractivity contribution in [2.24, 2.45) is 0 Å². The minimum absolute atomic E-state index is 0.0656. The SMILES string of the molecule is CC1CC(C(=O)NC23CC(NC(=O)COc4ccc(Cl)c(Cl)c4)(C2)C3)N1. The van der Waals surface area contributed by atoms with Crippen LogP contribution < -0.4 is 20.7 Å². The number of ether oxygens (including phenoxy) is 1. The quantitative estimate of drug-likeness (QED) is 0.685. The molecule has 1 heterocycles. The molecule has 2 bridgehead atoms. The zero-order valence-corrected chi connectivity index (χ0v) is 15.9. The Kier molecular flexibility index (Phi) is 4.33. The van der Waals surface area contributed by atoms with E-state index in [1.54, 1.807) is 18.2 Å². The van der Waals surface area contributed by atoms with Crippen LogP contribution >= 0.6 is 23.2 Å². The maximum absolute atomic E-state index is 12.1. The van der Waals surface area contributed by atoms with Gasteiger partial charge in [-0.2, -0.15) is 0 Å². The van der Waals surface area contributed by atoms with Gasteiger partial charge in [0.25, 0.3) is 5.91 Å². The summed E-state index contributed by atoms with van der Waals surface area (Å²) < 4.78 is 5.46. The lowest BCUT2D eigenvalue weighted by atomic mass is 9.44. The Morgan fingerprint density at radius 2 is 1.85 bits per heavy atom. The molecule has 4 aliphatic rings. The van der Waals surface area contributed by atoms with Crippen molar-refractivity contribution in [3.05, 3.63) is 28.2 Å². The highest BCUT2D eigenvalue weighted by atomic mass is 35.5. The minimum atomic E-state index is -0.189. The van der Waals surface area contributed by atoms with Gasteiger partial charge in [0.05, 0.1) is 16.1 Å². The van der Waals surface area contributed by atoms with Gasteiger partial charge in [-0.1, -0.05) is 23.2 Å². The maximum atomic E-state index is 12.1. The first-order valence-corrected chi connectivity index (χ1v) is 9.51. The predicted molar refractivity (Wildman–Crippen MR) is 98.6 cm³/mol. The van der Waals surface area contributed by atoms with Crippen LogP contribution in [0.1, 0.15) is 32.6 Å². The van der Waals surface area contributed by atoms with Crippen molar-refractivity contribution in [3.8, 4) is 5.75 Å². The number of nitrogens with one attached hydrogen (secondary N) is 3. The number of carbonyl (C=O) groups is 2. The molecule has 1 aliphatic heterocycles. The first-order valence-electron chi connectivity index (χ1n) is 8.75. The molecule has 1 aromatic carbocycles. The Morgan fingerprint density at radius 3 is 2.46 bits per heavy atom. The lowest BCUT2D eigenvalue weighted by molar-refractivity contribution is -0.152. The van der Waals surface area contributed by atoms with E-state index in [0.29, 0.717) is 21.8 Å². The zero-order valence-electron chi connectivity index (χ0n) is 14.4. The molecule has 0 aromatic heterocycles. The Hall–Kier alpha value is -1.50. The van der Waals surface area contributed by atoms with Gasteiger partial charge in [-0.3, -0.25) is 9.59 Å². The Morgan fingerprint density at radius 1 is 1.19 bits per heavy atom. The van der Waals surface area contributed by atoms with E-state index in [-0.39, 0.29) is 35.5 Å². The van der Waals surface area contributed by atoms with Crippen molar-refractivity contribution >= 4 is 35.0 Å². The van der Waals surface area contributed by atoms with Crippen molar-refractivity contribution in [2.75, 3.05) is 6.61 Å². The van der Waals surface area contributed by atoms with Crippen LogP contribution in [0, 0.1) is 0 Å². The van der Waals surface area contributed by atoms with Crippen molar-refractivity contribution in [1.29, 1.82) is 0 Å². The van der Waals surface area contributed by atoms with Crippen LogP contribution in [0.3, 0.4) is 0 Å². The molecule has 1 aromatic rings. The van der Waals surface area contributed by atoms with Gasteiger partial charge in [0.1, 0.15) is 5.75 Å². The van der Waals surface area contributed by atoms with Crippen LogP contribution in [-0.4, -0.2) is 41.6 Å². The van der Waals surface area contributed by atoms with Crippen molar-refractivity contribution in [2.45, 2.75) is 55.8 Å². The topological polar surface area (TPSA) is 79.5 Å². The molecule has 5 rings (SSSR count). The van der Waals surface area contributed by atoms with Gasteiger partial charge in [-0.15, -0.1) is 0 Å². The number of benzene rings is 1. The lowest BCUT2D eigenvalue weighted by Crippen LogP contribution is -2.84. The third kappa shape index (κ3) is 3.26. The standard InChI is InChI=1S/C18H21Cl2N3O3/c1-10-4-14(21-10)16(25)23-18-7-17(8-18,9-18)22-15(24)6-26-11-2-3-12(19)13(20)5-11/h2-3,5,10,14,21H,4,6-9H2,1H3,(H,22,24)(H,23,25). The summed E-state index contributed by atoms with van der Waals surface area (Å²) in [6, 6.07) is 5.23. The largest absolute Gasteiger partial charge is 0.484 e. The average molecular weight is 398 g/mol. The van der Waals surface area contributed by atoms with E-state index in [1.807, 2.05) is 0 Å². The van der Waals surface area contributed by atoms with Crippen LogP contribution in [0.4, 0.5) is 0 Å². The van der Waals surface area contributed by atoms with Crippen molar-refractivity contribution in [1.82, 2.24) is 16.0 Å². The molecule has 0 radical (unpaired) electrons. The molecule has 0 spiro atoms. The van der Waals surface area contributed by atoms with Crippen LogP contribution in [0.15, 0.2) is 18.2 Å². The molecule has 2 amide bonds. The molecule has 26 heavy (non-hydrogen) atoms. The minimum Gasteiger partial charge on any atom is -0.484 e. The number of hydrogen-bond acceptors (Lipinski definition) is 4. The second-order valence-corrected chi connectivity index (χ2v) is 8.66. The summed E-state index contributed by atoms with van der Waals surface area (Å²) in [5.74, 6) is 0.397. The Labute approximate surface area is 161 Å². The Balaban J connectivity index is 1.20. The molecule has 2 unspecified atom stereocenters. The molecule has 1 saturated heterocycles. The summed E-state index contributed by atoms with van der Waals surface area (Å²) in [6.07, 6.45) is 3.24. The van der Waals surface area contributed by atoms with Crippen molar-refractivity contribution < 1.29 is 14.3 Å². The van der Waals surface area contributed by atoms with Gasteiger partial charge in [0, 0.05) is 23.2 Å². The number of rotatable bonds is 6. The monoisotopic (exact) mass is 397 g/mol. The molecule has 4 fully saturated rings. The highest BCUT2D eigenvalue weighted by Crippen LogP contribution is 2.60. The molecule has 8 heteroatoms. The molecule has 2 atom stereocenters. The first kappa shape index (κ1) is 17.9. The molecular formula is C18H21Cl2N3O3. The van der Waals surface area contributed by atoms with Crippen LogP contribution in [0.5, 0.6) is 5.75 Å². The lowest BCUT2D eigenvalue weighted by Gasteiger charge is -2.70. The van der Waals surface area contributed by atoms with E-state index in [2.05, 4.69) is 22.9 Å². The summed E-state index contributed by atoms with van der Waals surface area (Å²) >= 11 is 11.8. The summed E-state index contributed by atoms with van der Waals surface area (Å²) in [5.41, 5.74) is -0.318. The van der Waals surface area contributed by atoms with E-state index in [1.165, 1.54) is 0 Å². The van der Waals surface area contributed by atoms with Gasteiger partial charge in [0.15, 0.2) is 6.61 Å². The van der Waals surface area contributed by atoms with Gasteiger partial charge in [-0.05, 0) is 44.7 Å². The third-order valence-corrected chi connectivity index (χ3v) is 6.21. The fourth-order valence-corrected chi connectivity index (χ4v) is 4.59. The summed E-state index contributed by atoms with van der Waals surface area (Å²) in [5, 5.41) is 10.2. The van der Waals surface area contributed by atoms with Gasteiger partial charge in [0.2, 0.25) is 5.91 Å². The van der Waals surface area contributed by atoms with Crippen molar-refractivity contribution in [3.63, 3.8) is 0 Å². The zero-order chi connectivity index (χ0) is 18.5. The average Bonchev–Trinajstić information content (AvgIpc) is 2.49. The van der Waals surface area contributed by atoms with E-state index in [9.17, 15) is 9.59 Å². The highest BCUT2D eigenvalue weighted by Gasteiger charge is 2.69. The second-order valence-electron chi connectivity index (χ2n) is 7.85. The summed E-state index contributed by atoms with van der Waals surface area (Å²) in [7, 11) is 0. The van der Waals surface area contributed by atoms with Gasteiger partial charge in [-0.25, -0.2) is 0 Å². The first-order chi connectivity index (χ1) is 12.3. The molecule has 3 saturated carbocycles. The number of carbonyl (C=O) groups excluding carboxylic acids is 2. The molecule has 3 aliphatic carbocycles. The summed E-state index contributed by atoms with van der Waals surface area (Å²) in [6.45, 7) is 1.98. The number of hydrogen-bond donors (Lipinski definition) is 3. The van der Waals surface area contributed by atoms with E-state index >= 15 is 0 Å². The molecular weight excluding hydrogens is 377 g/mol. The Bertz CT molecular complexity index is 744. The van der Waals surface area contributed by atoms with E-state index in [4.69, 9.17) is 27.9 Å². The van der Waals surface area contributed by atoms with Gasteiger partial charge < -0.3 is 20.7 Å². The van der Waals surface area contributed by atoms with E-state index < -0.39 is 0 Å². The third-order valence-electron chi connectivity index (χ3n) is 5.48. The fraction of sp³-hybridized carbons (Fsp3) is 0.556. The summed E-state index contributed by atoms with van der Waals surface area (Å²) in [4.78, 5) is 24.3. The second kappa shape index (κ2) is 6.29. The fourth-order valence-electron chi connectivity index (χ4n) is 4.30. The number of amides is 2. The van der Waals surface area contributed by atoms with Gasteiger partial charge >= 0.3 is 0 Å². The normalized spacial score (nSPS) is 34.0. The smallest absolute Gasteiger partial charge is 0.258 e. The molecule has 140 valence electrons. The van der Waals surface area contributed by atoms with Crippen LogP contribution in [-0.2, 0) is 9.59 Å². The van der Waals surface area contributed by atoms with Crippen LogP contribution in [0.25, 0.3) is 0 Å². The van der Waals surface area contributed by atoms with E-state index in [0.717, 1.165) is 25.7 Å². The molecule has 3 N–H and O–H groups in total. The molecule has 6 nitrogen and oxygen atoms in total.